The second-order valence-corrected chi connectivity index (χ2v) is 5.92. The normalized spacial score (nSPS) is 18.6. The van der Waals surface area contributed by atoms with Gasteiger partial charge in [0.1, 0.15) is 6.04 Å². The molecule has 0 bridgehead atoms. The zero-order chi connectivity index (χ0) is 14.1. The van der Waals surface area contributed by atoms with Gasteiger partial charge in [-0.2, -0.15) is 11.8 Å². The van der Waals surface area contributed by atoms with Crippen LogP contribution in [0.15, 0.2) is 0 Å². The third kappa shape index (κ3) is 6.82. The lowest BCUT2D eigenvalue weighted by Crippen LogP contribution is -2.46. The predicted molar refractivity (Wildman–Crippen MR) is 77.5 cm³/mol. The number of rotatable bonds is 7. The molecule has 1 amide bonds. The number of likely N-dealkylation sites (tertiary alicyclic amines) is 1. The Hall–Kier alpha value is -0.750. The van der Waals surface area contributed by atoms with Crippen LogP contribution in [0.5, 0.6) is 0 Å². The minimum Gasteiger partial charge on any atom is -0.480 e. The molecule has 1 aliphatic rings. The molecule has 0 aliphatic carbocycles. The molecule has 1 rings (SSSR count). The van der Waals surface area contributed by atoms with Crippen molar-refractivity contribution in [1.29, 1.82) is 0 Å². The van der Waals surface area contributed by atoms with Crippen molar-refractivity contribution in [1.82, 2.24) is 10.2 Å². The fourth-order valence-electron chi connectivity index (χ4n) is 2.23. The summed E-state index contributed by atoms with van der Waals surface area (Å²) in [7, 11) is 0. The van der Waals surface area contributed by atoms with Gasteiger partial charge in [-0.25, -0.2) is 4.79 Å². The highest BCUT2D eigenvalue weighted by Gasteiger charge is 2.21. The number of nitrogens with one attached hydrogen (secondary N) is 1. The second-order valence-electron chi connectivity index (χ2n) is 4.93. The quantitative estimate of drug-likeness (QED) is 0.736. The van der Waals surface area contributed by atoms with Gasteiger partial charge in [-0.15, -0.1) is 0 Å². The molecule has 110 valence electrons. The summed E-state index contributed by atoms with van der Waals surface area (Å²) in [4.78, 5) is 25.0. The summed E-state index contributed by atoms with van der Waals surface area (Å²) >= 11 is 1.59. The highest BCUT2D eigenvalue weighted by molar-refractivity contribution is 7.98. The first kappa shape index (κ1) is 16.3. The lowest BCUT2D eigenvalue weighted by atomic mass is 10.2. The van der Waals surface area contributed by atoms with Gasteiger partial charge in [-0.3, -0.25) is 9.69 Å². The highest BCUT2D eigenvalue weighted by Crippen LogP contribution is 2.09. The Balaban J connectivity index is 2.36. The van der Waals surface area contributed by atoms with E-state index in [9.17, 15) is 9.59 Å². The second kappa shape index (κ2) is 9.20. The van der Waals surface area contributed by atoms with E-state index in [2.05, 4.69) is 10.2 Å². The molecule has 0 aromatic carbocycles. The minimum absolute atomic E-state index is 0.171. The van der Waals surface area contributed by atoms with E-state index in [1.54, 1.807) is 11.8 Å². The van der Waals surface area contributed by atoms with Crippen LogP contribution in [0.2, 0.25) is 0 Å². The van der Waals surface area contributed by atoms with Gasteiger partial charge in [0.05, 0.1) is 6.54 Å². The van der Waals surface area contributed by atoms with Crippen LogP contribution in [-0.4, -0.2) is 59.6 Å². The van der Waals surface area contributed by atoms with Crippen molar-refractivity contribution in [2.45, 2.75) is 38.1 Å². The van der Waals surface area contributed by atoms with Crippen molar-refractivity contribution < 1.29 is 14.7 Å². The lowest BCUT2D eigenvalue weighted by molar-refractivity contribution is -0.142. The third-order valence-electron chi connectivity index (χ3n) is 3.31. The lowest BCUT2D eigenvalue weighted by Gasteiger charge is -2.21. The number of thioether (sulfide) groups is 1. The number of carboxylic acids is 1. The number of amides is 1. The van der Waals surface area contributed by atoms with Crippen LogP contribution in [0, 0.1) is 0 Å². The van der Waals surface area contributed by atoms with E-state index in [4.69, 9.17) is 5.11 Å². The minimum atomic E-state index is -0.946. The Bertz CT molecular complexity index is 292. The molecule has 1 heterocycles. The number of carbonyl (C=O) groups is 2. The maximum atomic E-state index is 11.9. The summed E-state index contributed by atoms with van der Waals surface area (Å²) in [6, 6.07) is -0.757. The van der Waals surface area contributed by atoms with Crippen molar-refractivity contribution in [2.24, 2.45) is 0 Å². The summed E-state index contributed by atoms with van der Waals surface area (Å²) in [6.07, 6.45) is 7.11. The molecule has 0 saturated carbocycles. The molecule has 1 fully saturated rings. The fraction of sp³-hybridized carbons (Fsp3) is 0.846. The van der Waals surface area contributed by atoms with Crippen LogP contribution in [-0.2, 0) is 9.59 Å². The van der Waals surface area contributed by atoms with Gasteiger partial charge in [0, 0.05) is 0 Å². The van der Waals surface area contributed by atoms with E-state index < -0.39 is 12.0 Å². The topological polar surface area (TPSA) is 69.6 Å². The first-order chi connectivity index (χ1) is 9.13. The number of hydrogen-bond donors (Lipinski definition) is 2. The largest absolute Gasteiger partial charge is 0.480 e. The summed E-state index contributed by atoms with van der Waals surface area (Å²) < 4.78 is 0. The molecule has 5 nitrogen and oxygen atoms in total. The predicted octanol–water partition coefficient (Wildman–Crippen LogP) is 1.18. The number of carbonyl (C=O) groups excluding carboxylic acids is 1. The first-order valence-corrected chi connectivity index (χ1v) is 8.26. The van der Waals surface area contributed by atoms with Gasteiger partial charge < -0.3 is 10.4 Å². The van der Waals surface area contributed by atoms with Crippen LogP contribution in [0.25, 0.3) is 0 Å². The van der Waals surface area contributed by atoms with Gasteiger partial charge in [-0.1, -0.05) is 12.8 Å². The van der Waals surface area contributed by atoms with E-state index >= 15 is 0 Å². The van der Waals surface area contributed by atoms with Crippen LogP contribution < -0.4 is 5.32 Å². The standard InChI is InChI=1S/C13H24N2O3S/c1-19-9-6-11(13(17)18)14-12(16)10-15-7-4-2-3-5-8-15/h11H,2-10H2,1H3,(H,14,16)(H,17,18)/t11-/m0/s1. The summed E-state index contributed by atoms with van der Waals surface area (Å²) in [6.45, 7) is 2.20. The van der Waals surface area contributed by atoms with Gasteiger partial charge in [0.2, 0.25) is 5.91 Å². The fourth-order valence-corrected chi connectivity index (χ4v) is 2.70. The maximum Gasteiger partial charge on any atom is 0.326 e. The zero-order valence-corrected chi connectivity index (χ0v) is 12.4. The molecule has 0 radical (unpaired) electrons. The molecule has 0 unspecified atom stereocenters. The maximum absolute atomic E-state index is 11.9. The molecule has 1 aliphatic heterocycles. The first-order valence-electron chi connectivity index (χ1n) is 6.87. The average molecular weight is 288 g/mol. The molecule has 19 heavy (non-hydrogen) atoms. The van der Waals surface area contributed by atoms with Crippen molar-refractivity contribution in [3.63, 3.8) is 0 Å². The van der Waals surface area contributed by atoms with Crippen LogP contribution in [0.4, 0.5) is 0 Å². The van der Waals surface area contributed by atoms with Gasteiger partial charge in [0.15, 0.2) is 0 Å². The number of nitrogens with zero attached hydrogens (tertiary/aromatic N) is 1. The Labute approximate surface area is 119 Å². The SMILES string of the molecule is CSCC[C@H](NC(=O)CN1CCCCCC1)C(=O)O. The number of carboxylic acid groups (broad SMARTS) is 1. The summed E-state index contributed by atoms with van der Waals surface area (Å²) in [5.41, 5.74) is 0. The van der Waals surface area contributed by atoms with Crippen molar-refractivity contribution in [2.75, 3.05) is 31.6 Å². The number of aliphatic carboxylic acids is 1. The molecular formula is C13H24N2O3S. The molecule has 0 spiro atoms. The van der Waals surface area contributed by atoms with Gasteiger partial charge in [-0.05, 0) is 44.4 Å². The smallest absolute Gasteiger partial charge is 0.326 e. The van der Waals surface area contributed by atoms with E-state index in [0.29, 0.717) is 13.0 Å². The molecular weight excluding hydrogens is 264 g/mol. The van der Waals surface area contributed by atoms with Gasteiger partial charge >= 0.3 is 5.97 Å². The summed E-state index contributed by atoms with van der Waals surface area (Å²) in [5, 5.41) is 11.7. The zero-order valence-electron chi connectivity index (χ0n) is 11.6. The van der Waals surface area contributed by atoms with Gasteiger partial charge in [0.25, 0.3) is 0 Å². The van der Waals surface area contributed by atoms with E-state index in [-0.39, 0.29) is 5.91 Å². The van der Waals surface area contributed by atoms with E-state index in [0.717, 1.165) is 31.7 Å². The monoisotopic (exact) mass is 288 g/mol. The molecule has 0 aromatic rings. The van der Waals surface area contributed by atoms with E-state index in [1.807, 2.05) is 6.26 Å². The Morgan fingerprint density at radius 3 is 2.42 bits per heavy atom. The number of hydrogen-bond acceptors (Lipinski definition) is 4. The van der Waals surface area contributed by atoms with Crippen molar-refractivity contribution in [3.8, 4) is 0 Å². The molecule has 2 N–H and O–H groups in total. The Morgan fingerprint density at radius 1 is 1.26 bits per heavy atom. The highest BCUT2D eigenvalue weighted by atomic mass is 32.2. The molecule has 6 heteroatoms. The summed E-state index contributed by atoms with van der Waals surface area (Å²) in [5.74, 6) is -0.380. The van der Waals surface area contributed by atoms with Crippen molar-refractivity contribution >= 4 is 23.6 Å². The van der Waals surface area contributed by atoms with Crippen molar-refractivity contribution in [3.05, 3.63) is 0 Å². The molecule has 1 atom stereocenters. The third-order valence-corrected chi connectivity index (χ3v) is 3.95. The van der Waals surface area contributed by atoms with Crippen LogP contribution in [0.3, 0.4) is 0 Å². The average Bonchev–Trinajstić information content (AvgIpc) is 2.62. The van der Waals surface area contributed by atoms with Crippen LogP contribution >= 0.6 is 11.8 Å². The van der Waals surface area contributed by atoms with Crippen LogP contribution in [0.1, 0.15) is 32.1 Å². The Kier molecular flexibility index (Phi) is 7.90. The molecule has 1 saturated heterocycles. The Morgan fingerprint density at radius 2 is 1.89 bits per heavy atom. The van der Waals surface area contributed by atoms with E-state index in [1.165, 1.54) is 12.8 Å². The molecule has 0 aromatic heterocycles.